The smallest absolute Gasteiger partial charge is 0.103 e. The molecule has 0 saturated carbocycles. The summed E-state index contributed by atoms with van der Waals surface area (Å²) >= 11 is 0. The van der Waals surface area contributed by atoms with Gasteiger partial charge in [0.15, 0.2) is 0 Å². The van der Waals surface area contributed by atoms with Crippen LogP contribution in [0.3, 0.4) is 0 Å². The third kappa shape index (κ3) is 1.23. The van der Waals surface area contributed by atoms with Gasteiger partial charge in [0, 0.05) is 12.3 Å². The highest BCUT2D eigenvalue weighted by Gasteiger charge is 2.05. The first kappa shape index (κ1) is 5.62. The van der Waals surface area contributed by atoms with Crippen LogP contribution in [0.2, 0.25) is 0 Å². The molecule has 0 amide bonds. The molecule has 1 rings (SSSR count). The number of rotatable bonds is 1. The van der Waals surface area contributed by atoms with Gasteiger partial charge in [0.25, 0.3) is 0 Å². The van der Waals surface area contributed by atoms with Crippen LogP contribution in [-0.2, 0) is 0 Å². The first-order valence-electron chi connectivity index (χ1n) is 2.98. The van der Waals surface area contributed by atoms with Gasteiger partial charge in [0.05, 0.1) is 0 Å². The average Bonchev–Trinajstić information content (AvgIpc) is 1.90. The molecule has 1 unspecified atom stereocenters. The zero-order valence-corrected chi connectivity index (χ0v) is 4.78. The van der Waals surface area contributed by atoms with Gasteiger partial charge in [0.1, 0.15) is 6.67 Å². The van der Waals surface area contributed by atoms with Crippen LogP contribution in [0.1, 0.15) is 19.3 Å². The van der Waals surface area contributed by atoms with Crippen molar-refractivity contribution in [1.82, 2.24) is 0 Å². The quantitative estimate of drug-likeness (QED) is 0.453. The van der Waals surface area contributed by atoms with Crippen molar-refractivity contribution in [1.29, 1.82) is 0 Å². The van der Waals surface area contributed by atoms with Crippen LogP contribution in [0, 0.1) is 17.8 Å². The van der Waals surface area contributed by atoms with Crippen LogP contribution in [0.5, 0.6) is 0 Å². The Bertz CT molecular complexity index is 118. The maximum atomic E-state index is 11.8. The fourth-order valence-corrected chi connectivity index (χ4v) is 0.841. The van der Waals surface area contributed by atoms with Crippen molar-refractivity contribution >= 4 is 0 Å². The Morgan fingerprint density at radius 2 is 2.50 bits per heavy atom. The summed E-state index contributed by atoms with van der Waals surface area (Å²) < 4.78 is 11.8. The van der Waals surface area contributed by atoms with Crippen molar-refractivity contribution < 1.29 is 4.39 Å². The molecule has 0 aromatic rings. The van der Waals surface area contributed by atoms with Crippen molar-refractivity contribution in [2.75, 3.05) is 6.67 Å². The summed E-state index contributed by atoms with van der Waals surface area (Å²) in [5.41, 5.74) is 0. The fraction of sp³-hybridized carbons (Fsp3) is 0.714. The maximum Gasteiger partial charge on any atom is 0.103 e. The van der Waals surface area contributed by atoms with Gasteiger partial charge in [-0.25, -0.2) is 4.39 Å². The van der Waals surface area contributed by atoms with E-state index < -0.39 is 0 Å². The monoisotopic (exact) mass is 112 g/mol. The van der Waals surface area contributed by atoms with Crippen molar-refractivity contribution in [2.24, 2.45) is 5.92 Å². The van der Waals surface area contributed by atoms with Crippen molar-refractivity contribution in [3.63, 3.8) is 0 Å². The molecule has 1 heteroatoms. The molecule has 0 fully saturated rings. The number of alkyl halides is 1. The molecule has 44 valence electrons. The molecule has 0 aliphatic heterocycles. The normalized spacial score (nSPS) is 26.4. The number of halogens is 1. The zero-order valence-electron chi connectivity index (χ0n) is 4.78. The van der Waals surface area contributed by atoms with Gasteiger partial charge in [-0.2, -0.15) is 0 Å². The molecule has 0 N–H and O–H groups in total. The minimum atomic E-state index is -0.257. The molecule has 1 aliphatic carbocycles. The second kappa shape index (κ2) is 2.71. The highest BCUT2D eigenvalue weighted by atomic mass is 19.1. The molecule has 1 aliphatic rings. The summed E-state index contributed by atoms with van der Waals surface area (Å²) in [6, 6.07) is 0. The van der Waals surface area contributed by atoms with E-state index in [0.29, 0.717) is 0 Å². The van der Waals surface area contributed by atoms with Crippen LogP contribution < -0.4 is 0 Å². The zero-order chi connectivity index (χ0) is 5.82. The summed E-state index contributed by atoms with van der Waals surface area (Å²) in [7, 11) is 0. The van der Waals surface area contributed by atoms with E-state index in [2.05, 4.69) is 11.8 Å². The van der Waals surface area contributed by atoms with Gasteiger partial charge in [0.2, 0.25) is 0 Å². The SMILES string of the molecule is FCC1C#CCCC1. The van der Waals surface area contributed by atoms with E-state index in [1.165, 1.54) is 0 Å². The van der Waals surface area contributed by atoms with Crippen molar-refractivity contribution in [3.05, 3.63) is 0 Å². The first-order chi connectivity index (χ1) is 3.93. The summed E-state index contributed by atoms with van der Waals surface area (Å²) in [4.78, 5) is 0. The molecule has 0 saturated heterocycles. The second-order valence-corrected chi connectivity index (χ2v) is 2.06. The molecular weight excluding hydrogens is 103 g/mol. The molecule has 0 bridgehead atoms. The van der Waals surface area contributed by atoms with Crippen LogP contribution in [-0.4, -0.2) is 6.67 Å². The van der Waals surface area contributed by atoms with Crippen LogP contribution in [0.15, 0.2) is 0 Å². The highest BCUT2D eigenvalue weighted by molar-refractivity contribution is 5.06. The minimum absolute atomic E-state index is 0.0590. The van der Waals surface area contributed by atoms with Crippen LogP contribution in [0.4, 0.5) is 4.39 Å². The Kier molecular flexibility index (Phi) is 1.91. The highest BCUT2D eigenvalue weighted by Crippen LogP contribution is 2.11. The third-order valence-corrected chi connectivity index (χ3v) is 1.35. The van der Waals surface area contributed by atoms with Crippen molar-refractivity contribution in [3.8, 4) is 11.8 Å². The molecule has 0 spiro atoms. The molecule has 0 aromatic carbocycles. The summed E-state index contributed by atoms with van der Waals surface area (Å²) in [6.07, 6.45) is 3.02. The first-order valence-corrected chi connectivity index (χ1v) is 2.98. The molecule has 0 radical (unpaired) electrons. The standard InChI is InChI=1S/C7H9F/c8-6-7-4-2-1-3-5-7/h7H,1-2,4,6H2. The Labute approximate surface area is 49.1 Å². The number of hydrogen-bond acceptors (Lipinski definition) is 0. The Balaban J connectivity index is 2.39. The molecule has 8 heavy (non-hydrogen) atoms. The predicted molar refractivity (Wildman–Crippen MR) is 31.1 cm³/mol. The summed E-state index contributed by atoms with van der Waals surface area (Å²) in [5.74, 6) is 5.80. The minimum Gasteiger partial charge on any atom is -0.250 e. The fourth-order valence-electron chi connectivity index (χ4n) is 0.841. The molecule has 0 heterocycles. The van der Waals surface area contributed by atoms with E-state index in [9.17, 15) is 4.39 Å². The van der Waals surface area contributed by atoms with Gasteiger partial charge in [-0.15, -0.1) is 5.92 Å². The van der Waals surface area contributed by atoms with Gasteiger partial charge in [-0.05, 0) is 12.8 Å². The lowest BCUT2D eigenvalue weighted by molar-refractivity contribution is 0.394. The second-order valence-electron chi connectivity index (χ2n) is 2.06. The Morgan fingerprint density at radius 3 is 2.88 bits per heavy atom. The molecular formula is C7H9F. The summed E-state index contributed by atoms with van der Waals surface area (Å²) in [6.45, 7) is -0.257. The van der Waals surface area contributed by atoms with E-state index in [4.69, 9.17) is 0 Å². The topological polar surface area (TPSA) is 0 Å². The van der Waals surface area contributed by atoms with Gasteiger partial charge in [-0.3, -0.25) is 0 Å². The van der Waals surface area contributed by atoms with E-state index >= 15 is 0 Å². The predicted octanol–water partition coefficient (Wildman–Crippen LogP) is 1.76. The van der Waals surface area contributed by atoms with Gasteiger partial charge < -0.3 is 0 Å². The number of hydrogen-bond donors (Lipinski definition) is 0. The van der Waals surface area contributed by atoms with Crippen LogP contribution in [0.25, 0.3) is 0 Å². The molecule has 0 aromatic heterocycles. The lowest BCUT2D eigenvalue weighted by Crippen LogP contribution is -2.02. The largest absolute Gasteiger partial charge is 0.250 e. The molecule has 1 atom stereocenters. The maximum absolute atomic E-state index is 11.8. The van der Waals surface area contributed by atoms with Crippen molar-refractivity contribution in [2.45, 2.75) is 19.3 Å². The van der Waals surface area contributed by atoms with Gasteiger partial charge in [-0.1, -0.05) is 5.92 Å². The average molecular weight is 112 g/mol. The van der Waals surface area contributed by atoms with Gasteiger partial charge >= 0.3 is 0 Å². The summed E-state index contributed by atoms with van der Waals surface area (Å²) in [5, 5.41) is 0. The molecule has 0 nitrogen and oxygen atoms in total. The lowest BCUT2D eigenvalue weighted by Gasteiger charge is -2.06. The van der Waals surface area contributed by atoms with E-state index in [-0.39, 0.29) is 12.6 Å². The van der Waals surface area contributed by atoms with E-state index in [1.54, 1.807) is 0 Å². The Hall–Kier alpha value is -0.510. The lowest BCUT2D eigenvalue weighted by atomic mass is 10.00. The Morgan fingerprint density at radius 1 is 1.62 bits per heavy atom. The van der Waals surface area contributed by atoms with E-state index in [0.717, 1.165) is 19.3 Å². The van der Waals surface area contributed by atoms with Crippen LogP contribution >= 0.6 is 0 Å². The third-order valence-electron chi connectivity index (χ3n) is 1.35. The van der Waals surface area contributed by atoms with E-state index in [1.807, 2.05) is 0 Å².